The van der Waals surface area contributed by atoms with Crippen molar-refractivity contribution in [1.82, 2.24) is 0 Å². The van der Waals surface area contributed by atoms with Crippen molar-refractivity contribution >= 4 is 39.5 Å². The molecule has 516 valence electrons. The van der Waals surface area contributed by atoms with Crippen molar-refractivity contribution in [3.05, 3.63) is 0 Å². The van der Waals surface area contributed by atoms with Gasteiger partial charge in [0.05, 0.1) is 26.4 Å². The van der Waals surface area contributed by atoms with Crippen LogP contribution < -0.4 is 0 Å². The minimum atomic E-state index is -4.95. The van der Waals surface area contributed by atoms with Gasteiger partial charge in [0.2, 0.25) is 0 Å². The molecule has 4 unspecified atom stereocenters. The molecule has 0 saturated carbocycles. The Morgan fingerprint density at radius 1 is 0.322 bits per heavy atom. The van der Waals surface area contributed by atoms with Gasteiger partial charge in [0.1, 0.15) is 19.3 Å². The highest BCUT2D eigenvalue weighted by atomic mass is 31.2. The van der Waals surface area contributed by atoms with Gasteiger partial charge in [-0.3, -0.25) is 37.3 Å². The molecule has 0 aliphatic heterocycles. The zero-order valence-corrected chi connectivity index (χ0v) is 58.4. The lowest BCUT2D eigenvalue weighted by atomic mass is 10.00. The molecule has 17 nitrogen and oxygen atoms in total. The molecule has 0 spiro atoms. The Labute approximate surface area is 530 Å². The number of carbonyl (C=O) groups excluding carboxylic acids is 4. The van der Waals surface area contributed by atoms with E-state index in [1.54, 1.807) is 0 Å². The zero-order chi connectivity index (χ0) is 64.7. The van der Waals surface area contributed by atoms with Crippen molar-refractivity contribution in [3.8, 4) is 0 Å². The maximum Gasteiger partial charge on any atom is 0.472 e. The van der Waals surface area contributed by atoms with Crippen LogP contribution in [0.3, 0.4) is 0 Å². The summed E-state index contributed by atoms with van der Waals surface area (Å²) in [5.74, 6) is 0.808. The molecule has 0 aromatic carbocycles. The molecule has 0 saturated heterocycles. The maximum absolute atomic E-state index is 13.0. The van der Waals surface area contributed by atoms with Gasteiger partial charge in [-0.25, -0.2) is 9.13 Å². The summed E-state index contributed by atoms with van der Waals surface area (Å²) in [4.78, 5) is 72.4. The molecule has 0 rings (SSSR count). The molecule has 0 heterocycles. The van der Waals surface area contributed by atoms with Crippen molar-refractivity contribution in [2.45, 2.75) is 350 Å². The lowest BCUT2D eigenvalue weighted by Gasteiger charge is -2.21. The molecular formula is C68H132O17P2. The number of aliphatic hydroxyl groups excluding tert-OH is 1. The summed E-state index contributed by atoms with van der Waals surface area (Å²) in [5.41, 5.74) is 0. The maximum atomic E-state index is 13.0. The number of hydrogen-bond acceptors (Lipinski definition) is 15. The van der Waals surface area contributed by atoms with Crippen LogP contribution in [-0.2, 0) is 65.4 Å². The molecule has 0 radical (unpaired) electrons. The second-order valence-corrected chi connectivity index (χ2v) is 29.1. The van der Waals surface area contributed by atoms with Gasteiger partial charge >= 0.3 is 39.5 Å². The highest BCUT2D eigenvalue weighted by Gasteiger charge is 2.30. The van der Waals surface area contributed by atoms with Crippen LogP contribution in [0, 0.1) is 23.7 Å². The number of ether oxygens (including phenoxy) is 4. The predicted molar refractivity (Wildman–Crippen MR) is 349 cm³/mol. The number of carbonyl (C=O) groups is 4. The monoisotopic (exact) mass is 1280 g/mol. The Bertz CT molecular complexity index is 1730. The molecular weight excluding hydrogens is 1150 g/mol. The number of rotatable bonds is 65. The Balaban J connectivity index is 5.24. The number of unbranched alkanes of at least 4 members (excludes halogenated alkanes) is 30. The van der Waals surface area contributed by atoms with E-state index in [0.717, 1.165) is 114 Å². The van der Waals surface area contributed by atoms with Crippen LogP contribution in [0.25, 0.3) is 0 Å². The topological polar surface area (TPSA) is 237 Å². The van der Waals surface area contributed by atoms with Crippen LogP contribution in [-0.4, -0.2) is 96.7 Å². The van der Waals surface area contributed by atoms with Gasteiger partial charge in [-0.15, -0.1) is 0 Å². The third kappa shape index (κ3) is 61.3. The summed E-state index contributed by atoms with van der Waals surface area (Å²) in [6, 6.07) is 0. The number of aliphatic hydroxyl groups is 1. The third-order valence-corrected chi connectivity index (χ3v) is 17.8. The van der Waals surface area contributed by atoms with Gasteiger partial charge in [0.25, 0.3) is 0 Å². The first-order chi connectivity index (χ1) is 41.6. The summed E-state index contributed by atoms with van der Waals surface area (Å²) in [6.07, 6.45) is 39.1. The van der Waals surface area contributed by atoms with Gasteiger partial charge in [0.15, 0.2) is 12.2 Å². The summed E-state index contributed by atoms with van der Waals surface area (Å²) >= 11 is 0. The minimum Gasteiger partial charge on any atom is -0.462 e. The van der Waals surface area contributed by atoms with Gasteiger partial charge in [-0.05, 0) is 49.4 Å². The van der Waals surface area contributed by atoms with Crippen LogP contribution in [0.1, 0.15) is 331 Å². The van der Waals surface area contributed by atoms with E-state index in [2.05, 4.69) is 55.4 Å². The van der Waals surface area contributed by atoms with Crippen molar-refractivity contribution in [1.29, 1.82) is 0 Å². The minimum absolute atomic E-state index is 0.102. The molecule has 0 amide bonds. The van der Waals surface area contributed by atoms with E-state index in [-0.39, 0.29) is 25.7 Å². The molecule has 3 N–H and O–H groups in total. The molecule has 87 heavy (non-hydrogen) atoms. The zero-order valence-electron chi connectivity index (χ0n) is 56.6. The number of phosphoric acid groups is 2. The van der Waals surface area contributed by atoms with E-state index >= 15 is 0 Å². The van der Waals surface area contributed by atoms with E-state index in [9.17, 15) is 43.2 Å². The predicted octanol–water partition coefficient (Wildman–Crippen LogP) is 18.9. The molecule has 0 aliphatic carbocycles. The van der Waals surface area contributed by atoms with E-state index in [1.165, 1.54) is 128 Å². The van der Waals surface area contributed by atoms with E-state index in [1.807, 2.05) is 0 Å². The lowest BCUT2D eigenvalue weighted by molar-refractivity contribution is -0.161. The first-order valence-electron chi connectivity index (χ1n) is 35.2. The molecule has 6 atom stereocenters. The second kappa shape index (κ2) is 57.9. The fourth-order valence-corrected chi connectivity index (χ4v) is 11.7. The summed E-state index contributed by atoms with van der Waals surface area (Å²) < 4.78 is 68.2. The fourth-order valence-electron chi connectivity index (χ4n) is 10.1. The summed E-state index contributed by atoms with van der Waals surface area (Å²) in [7, 11) is -9.90. The number of esters is 4. The Kier molecular flexibility index (Phi) is 56.6. The molecule has 19 heteroatoms. The molecule has 0 aromatic rings. The Morgan fingerprint density at radius 3 is 0.816 bits per heavy atom. The van der Waals surface area contributed by atoms with Crippen LogP contribution >= 0.6 is 15.6 Å². The van der Waals surface area contributed by atoms with E-state index in [0.29, 0.717) is 31.6 Å². The van der Waals surface area contributed by atoms with Crippen molar-refractivity contribution in [2.75, 3.05) is 39.6 Å². The largest absolute Gasteiger partial charge is 0.472 e. The molecule has 0 bridgehead atoms. The van der Waals surface area contributed by atoms with Crippen LogP contribution in [0.2, 0.25) is 0 Å². The summed E-state index contributed by atoms with van der Waals surface area (Å²) in [5, 5.41) is 10.6. The number of hydrogen-bond donors (Lipinski definition) is 3. The van der Waals surface area contributed by atoms with Crippen molar-refractivity contribution in [3.63, 3.8) is 0 Å². The van der Waals surface area contributed by atoms with E-state index in [4.69, 9.17) is 37.0 Å². The summed E-state index contributed by atoms with van der Waals surface area (Å²) in [6.45, 7) is 14.0. The Morgan fingerprint density at radius 2 is 0.552 bits per heavy atom. The first-order valence-corrected chi connectivity index (χ1v) is 38.2. The van der Waals surface area contributed by atoms with Gasteiger partial charge in [-0.1, -0.05) is 280 Å². The van der Waals surface area contributed by atoms with Gasteiger partial charge < -0.3 is 33.8 Å². The third-order valence-electron chi connectivity index (χ3n) is 15.9. The molecule has 0 aliphatic rings. The highest BCUT2D eigenvalue weighted by molar-refractivity contribution is 7.47. The standard InChI is InChI=1S/C68H132O17P2/c1-9-61(8)47-39-31-26-27-35-43-51-68(73)85-64(55-79-66(71)49-41-33-25-19-22-30-38-46-60(6)7)57-83-87(76,77)81-53-62(69)52-80-86(74,75)82-56-63(84-67(72)50-42-34-24-18-14-16-21-29-37-45-59(4)5)54-78-65(70)48-40-32-23-17-13-11-10-12-15-20-28-36-44-58(2)3/h58-64,69H,9-57H2,1-8H3,(H,74,75)(H,76,77)/t61?,62?,63-,64-/m1/s1. The van der Waals surface area contributed by atoms with E-state index < -0.39 is 97.5 Å². The van der Waals surface area contributed by atoms with Crippen LogP contribution in [0.5, 0.6) is 0 Å². The quantitative estimate of drug-likeness (QED) is 0.0222. The van der Waals surface area contributed by atoms with Gasteiger partial charge in [0, 0.05) is 25.7 Å². The normalized spacial score (nSPS) is 14.6. The SMILES string of the molecule is CCC(C)CCCCCCCCC(=O)O[C@H](COC(=O)CCCCCCCCCC(C)C)COP(=O)(O)OCC(O)COP(=O)(O)OC[C@@H](COC(=O)CCCCCCCCCCCCCCC(C)C)OC(=O)CCCCCCCCCCCC(C)C. The smallest absolute Gasteiger partial charge is 0.462 e. The lowest BCUT2D eigenvalue weighted by Crippen LogP contribution is -2.30. The average molecular weight is 1280 g/mol. The molecule has 0 fully saturated rings. The van der Waals surface area contributed by atoms with Crippen LogP contribution in [0.4, 0.5) is 0 Å². The second-order valence-electron chi connectivity index (χ2n) is 26.2. The fraction of sp³-hybridized carbons (Fsp3) is 0.941. The Hall–Kier alpha value is -1.94. The van der Waals surface area contributed by atoms with Crippen LogP contribution in [0.15, 0.2) is 0 Å². The highest BCUT2D eigenvalue weighted by Crippen LogP contribution is 2.45. The van der Waals surface area contributed by atoms with Crippen molar-refractivity contribution < 1.29 is 80.2 Å². The average Bonchev–Trinajstić information content (AvgIpc) is 3.61. The van der Waals surface area contributed by atoms with Crippen molar-refractivity contribution in [2.24, 2.45) is 23.7 Å². The molecule has 0 aromatic heterocycles. The van der Waals surface area contributed by atoms with Gasteiger partial charge in [-0.2, -0.15) is 0 Å². The number of phosphoric ester groups is 2. The first kappa shape index (κ1) is 85.1.